The number of halogens is 1. The summed E-state index contributed by atoms with van der Waals surface area (Å²) in [5, 5.41) is 8.80. The molecular formula is C13H14BrNO4. The fourth-order valence-electron chi connectivity index (χ4n) is 2.03. The highest BCUT2D eigenvalue weighted by atomic mass is 79.9. The average Bonchev–Trinajstić information content (AvgIpc) is 2.34. The van der Waals surface area contributed by atoms with Gasteiger partial charge in [0.2, 0.25) is 0 Å². The summed E-state index contributed by atoms with van der Waals surface area (Å²) in [4.78, 5) is 24.0. The lowest BCUT2D eigenvalue weighted by Gasteiger charge is -2.31. The minimum absolute atomic E-state index is 0.000704. The Morgan fingerprint density at radius 3 is 2.95 bits per heavy atom. The van der Waals surface area contributed by atoms with Crippen LogP contribution in [0.15, 0.2) is 22.7 Å². The summed E-state index contributed by atoms with van der Waals surface area (Å²) in [6.45, 7) is 2.46. The van der Waals surface area contributed by atoms with Crippen LogP contribution in [-0.2, 0) is 9.53 Å². The predicted molar refractivity (Wildman–Crippen MR) is 73.3 cm³/mol. The molecule has 6 heteroatoms. The van der Waals surface area contributed by atoms with Gasteiger partial charge >= 0.3 is 12.1 Å². The van der Waals surface area contributed by atoms with Crippen LogP contribution in [0.1, 0.15) is 12.0 Å². The molecule has 0 saturated carbocycles. The van der Waals surface area contributed by atoms with Crippen molar-refractivity contribution in [1.29, 1.82) is 0 Å². The third-order valence-corrected chi connectivity index (χ3v) is 3.91. The monoisotopic (exact) mass is 327 g/mol. The highest BCUT2D eigenvalue weighted by Crippen LogP contribution is 2.26. The lowest BCUT2D eigenvalue weighted by atomic mass is 10.0. The zero-order chi connectivity index (χ0) is 14.0. The number of amides is 1. The van der Waals surface area contributed by atoms with Crippen molar-refractivity contribution in [3.8, 4) is 0 Å². The molecule has 1 unspecified atom stereocenters. The Hall–Kier alpha value is -1.56. The molecule has 1 N–H and O–H groups in total. The second kappa shape index (κ2) is 5.61. The molecule has 1 heterocycles. The molecule has 1 amide bonds. The first-order valence-electron chi connectivity index (χ1n) is 5.89. The molecule has 1 atom stereocenters. The molecule has 5 nitrogen and oxygen atoms in total. The largest absolute Gasteiger partial charge is 0.481 e. The van der Waals surface area contributed by atoms with Crippen LogP contribution in [0.3, 0.4) is 0 Å². The van der Waals surface area contributed by atoms with Gasteiger partial charge in [-0.2, -0.15) is 0 Å². The summed E-state index contributed by atoms with van der Waals surface area (Å²) in [6, 6.07) is 5.54. The normalized spacial score (nSPS) is 19.2. The van der Waals surface area contributed by atoms with Gasteiger partial charge in [0.15, 0.2) is 0 Å². The zero-order valence-electron chi connectivity index (χ0n) is 10.4. The molecule has 0 bridgehead atoms. The van der Waals surface area contributed by atoms with E-state index in [4.69, 9.17) is 9.84 Å². The minimum atomic E-state index is -0.880. The van der Waals surface area contributed by atoms with Crippen molar-refractivity contribution in [3.63, 3.8) is 0 Å². The highest BCUT2D eigenvalue weighted by Gasteiger charge is 2.29. The number of aryl methyl sites for hydroxylation is 1. The van der Waals surface area contributed by atoms with E-state index in [1.807, 2.05) is 25.1 Å². The molecule has 0 radical (unpaired) electrons. The molecule has 1 aromatic carbocycles. The first-order valence-corrected chi connectivity index (χ1v) is 6.69. The van der Waals surface area contributed by atoms with Gasteiger partial charge in [0.05, 0.1) is 13.0 Å². The molecule has 1 aliphatic rings. The summed E-state index contributed by atoms with van der Waals surface area (Å²) in [5.74, 6) is -1.06. The van der Waals surface area contributed by atoms with E-state index in [0.717, 1.165) is 15.7 Å². The van der Waals surface area contributed by atoms with Crippen LogP contribution in [-0.4, -0.2) is 30.3 Å². The number of anilines is 1. The third kappa shape index (κ3) is 3.26. The van der Waals surface area contributed by atoms with E-state index >= 15 is 0 Å². The van der Waals surface area contributed by atoms with Crippen molar-refractivity contribution >= 4 is 33.7 Å². The van der Waals surface area contributed by atoms with Gasteiger partial charge < -0.3 is 9.84 Å². The summed E-state index contributed by atoms with van der Waals surface area (Å²) in [6.07, 6.45) is -0.428. The maximum absolute atomic E-state index is 11.8. The standard InChI is InChI=1S/C13H14BrNO4/c1-8-4-10(2-3-11(8)14)15-6-9(5-12(16)17)7-19-13(15)18/h2-4,9H,5-7H2,1H3,(H,16,17). The van der Waals surface area contributed by atoms with E-state index in [0.29, 0.717) is 6.54 Å². The number of hydrogen-bond acceptors (Lipinski definition) is 3. The highest BCUT2D eigenvalue weighted by molar-refractivity contribution is 9.10. The molecule has 0 aliphatic carbocycles. The molecule has 1 fully saturated rings. The van der Waals surface area contributed by atoms with Gasteiger partial charge in [-0.15, -0.1) is 0 Å². The molecule has 19 heavy (non-hydrogen) atoms. The van der Waals surface area contributed by atoms with Crippen molar-refractivity contribution in [2.45, 2.75) is 13.3 Å². The minimum Gasteiger partial charge on any atom is -0.481 e. The number of cyclic esters (lactones) is 1. The van der Waals surface area contributed by atoms with E-state index in [9.17, 15) is 9.59 Å². The van der Waals surface area contributed by atoms with Gasteiger partial charge in [0, 0.05) is 22.6 Å². The van der Waals surface area contributed by atoms with Gasteiger partial charge in [0.1, 0.15) is 0 Å². The first kappa shape index (κ1) is 13.9. The van der Waals surface area contributed by atoms with Gasteiger partial charge in [-0.25, -0.2) is 4.79 Å². The van der Waals surface area contributed by atoms with Crippen molar-refractivity contribution in [2.75, 3.05) is 18.1 Å². The molecule has 0 aromatic heterocycles. The van der Waals surface area contributed by atoms with E-state index in [1.54, 1.807) is 0 Å². The Kier molecular flexibility index (Phi) is 4.09. The zero-order valence-corrected chi connectivity index (χ0v) is 12.0. The van der Waals surface area contributed by atoms with E-state index in [2.05, 4.69) is 15.9 Å². The van der Waals surface area contributed by atoms with Crippen LogP contribution in [0.2, 0.25) is 0 Å². The maximum atomic E-state index is 11.8. The number of carboxylic acids is 1. The van der Waals surface area contributed by atoms with Gasteiger partial charge in [0.25, 0.3) is 0 Å². The molecule has 2 rings (SSSR count). The fourth-order valence-corrected chi connectivity index (χ4v) is 2.28. The summed E-state index contributed by atoms with van der Waals surface area (Å²) in [5.41, 5.74) is 1.73. The Bertz CT molecular complexity index is 517. The number of benzene rings is 1. The molecule has 102 valence electrons. The second-order valence-corrected chi connectivity index (χ2v) is 5.44. The smallest absolute Gasteiger partial charge is 0.414 e. The summed E-state index contributed by atoms with van der Waals surface area (Å²) < 4.78 is 6.00. The van der Waals surface area contributed by atoms with Gasteiger partial charge in [-0.3, -0.25) is 9.69 Å². The summed E-state index contributed by atoms with van der Waals surface area (Å²) >= 11 is 3.40. The fraction of sp³-hybridized carbons (Fsp3) is 0.385. The Labute approximate surface area is 119 Å². The molecule has 1 saturated heterocycles. The predicted octanol–water partition coefficient (Wildman–Crippen LogP) is 2.81. The van der Waals surface area contributed by atoms with Crippen LogP contribution in [0.5, 0.6) is 0 Å². The molecular weight excluding hydrogens is 314 g/mol. The van der Waals surface area contributed by atoms with Crippen molar-refractivity contribution in [3.05, 3.63) is 28.2 Å². The lowest BCUT2D eigenvalue weighted by Crippen LogP contribution is -2.43. The quantitative estimate of drug-likeness (QED) is 0.926. The van der Waals surface area contributed by atoms with Crippen molar-refractivity contribution in [1.82, 2.24) is 0 Å². The second-order valence-electron chi connectivity index (χ2n) is 4.58. The van der Waals surface area contributed by atoms with Crippen LogP contribution in [0.25, 0.3) is 0 Å². The Balaban J connectivity index is 2.18. The van der Waals surface area contributed by atoms with Crippen LogP contribution >= 0.6 is 15.9 Å². The number of rotatable bonds is 3. The maximum Gasteiger partial charge on any atom is 0.414 e. The number of aliphatic carboxylic acids is 1. The summed E-state index contributed by atoms with van der Waals surface area (Å²) in [7, 11) is 0. The van der Waals surface area contributed by atoms with E-state index in [1.165, 1.54) is 4.90 Å². The third-order valence-electron chi connectivity index (χ3n) is 3.02. The van der Waals surface area contributed by atoms with E-state index in [-0.39, 0.29) is 18.9 Å². The van der Waals surface area contributed by atoms with Crippen LogP contribution in [0, 0.1) is 12.8 Å². The van der Waals surface area contributed by atoms with Gasteiger partial charge in [-0.05, 0) is 30.7 Å². The first-order chi connectivity index (χ1) is 8.97. The van der Waals surface area contributed by atoms with Crippen LogP contribution in [0.4, 0.5) is 10.5 Å². The van der Waals surface area contributed by atoms with Crippen molar-refractivity contribution in [2.24, 2.45) is 5.92 Å². The number of carbonyl (C=O) groups excluding carboxylic acids is 1. The van der Waals surface area contributed by atoms with E-state index < -0.39 is 12.1 Å². The van der Waals surface area contributed by atoms with Crippen LogP contribution < -0.4 is 4.90 Å². The topological polar surface area (TPSA) is 66.8 Å². The van der Waals surface area contributed by atoms with Crippen molar-refractivity contribution < 1.29 is 19.4 Å². The number of nitrogens with zero attached hydrogens (tertiary/aromatic N) is 1. The number of carboxylic acid groups (broad SMARTS) is 1. The number of ether oxygens (including phenoxy) is 1. The lowest BCUT2D eigenvalue weighted by molar-refractivity contribution is -0.138. The Morgan fingerprint density at radius 1 is 1.58 bits per heavy atom. The molecule has 1 aliphatic heterocycles. The Morgan fingerprint density at radius 2 is 2.32 bits per heavy atom. The molecule has 1 aromatic rings. The van der Waals surface area contributed by atoms with Gasteiger partial charge in [-0.1, -0.05) is 15.9 Å². The number of carbonyl (C=O) groups is 2. The average molecular weight is 328 g/mol. The molecule has 0 spiro atoms. The number of hydrogen-bond donors (Lipinski definition) is 1. The SMILES string of the molecule is Cc1cc(N2CC(CC(=O)O)COC2=O)ccc1Br.